The summed E-state index contributed by atoms with van der Waals surface area (Å²) in [5.74, 6) is 1.64. The predicted octanol–water partition coefficient (Wildman–Crippen LogP) is 2.95. The summed E-state index contributed by atoms with van der Waals surface area (Å²) >= 11 is 1.67. The number of aromatic nitrogens is 2. The Hall–Kier alpha value is -1.88. The van der Waals surface area contributed by atoms with Crippen LogP contribution in [0.3, 0.4) is 0 Å². The molecule has 0 saturated heterocycles. The van der Waals surface area contributed by atoms with Gasteiger partial charge in [-0.15, -0.1) is 0 Å². The zero-order chi connectivity index (χ0) is 14.5. The van der Waals surface area contributed by atoms with E-state index in [0.29, 0.717) is 0 Å². The van der Waals surface area contributed by atoms with Crippen molar-refractivity contribution >= 4 is 23.5 Å². The van der Waals surface area contributed by atoms with Crippen LogP contribution in [0.15, 0.2) is 18.2 Å². The second-order valence-electron chi connectivity index (χ2n) is 4.22. The van der Waals surface area contributed by atoms with Crippen LogP contribution in [-0.2, 0) is 6.54 Å². The van der Waals surface area contributed by atoms with Crippen molar-refractivity contribution in [3.63, 3.8) is 0 Å². The number of hydrogen-bond acceptors (Lipinski definition) is 4. The number of ether oxygens (including phenoxy) is 2. The zero-order valence-corrected chi connectivity index (χ0v) is 13.0. The molecule has 0 unspecified atom stereocenters. The van der Waals surface area contributed by atoms with Crippen LogP contribution >= 0.6 is 11.3 Å². The third-order valence-corrected chi connectivity index (χ3v) is 3.84. The molecule has 20 heavy (non-hydrogen) atoms. The van der Waals surface area contributed by atoms with E-state index in [-0.39, 0.29) is 0 Å². The normalized spacial score (nSPS) is 11.0. The lowest BCUT2D eigenvalue weighted by Crippen LogP contribution is -2.36. The average Bonchev–Trinajstić information content (AvgIpc) is 2.84. The van der Waals surface area contributed by atoms with E-state index in [1.807, 2.05) is 35.9 Å². The Labute approximate surface area is 123 Å². The molecule has 0 saturated carbocycles. The summed E-state index contributed by atoms with van der Waals surface area (Å²) < 4.78 is 12.6. The molecule has 106 valence electrons. The van der Waals surface area contributed by atoms with Crippen molar-refractivity contribution in [1.82, 2.24) is 5.10 Å². The molecule has 0 fully saturated rings. The van der Waals surface area contributed by atoms with E-state index in [1.54, 1.807) is 25.6 Å². The first-order valence-corrected chi connectivity index (χ1v) is 7.27. The van der Waals surface area contributed by atoms with Gasteiger partial charge >= 0.3 is 0 Å². The molecule has 0 spiro atoms. The second kappa shape index (κ2) is 6.52. The maximum Gasteiger partial charge on any atom is 0.289 e. The van der Waals surface area contributed by atoms with Gasteiger partial charge in [0.2, 0.25) is 0 Å². The molecule has 2 aromatic rings. The van der Waals surface area contributed by atoms with Gasteiger partial charge in [0.15, 0.2) is 11.6 Å². The molecule has 0 amide bonds. The van der Waals surface area contributed by atoms with Crippen molar-refractivity contribution in [1.29, 1.82) is 0 Å². The molecule has 0 atom stereocenters. The van der Waals surface area contributed by atoms with Crippen LogP contribution in [0.25, 0.3) is 12.2 Å². The average molecular weight is 291 g/mol. The Balaban J connectivity index is 2.34. The number of nitrogens with zero attached hydrogens (tertiary/aromatic N) is 2. The minimum atomic E-state index is 0.814. The lowest BCUT2D eigenvalue weighted by Gasteiger charge is -2.06. The number of methoxy groups -OCH3 is 2. The van der Waals surface area contributed by atoms with Crippen LogP contribution in [0.1, 0.15) is 22.5 Å². The molecule has 1 aromatic heterocycles. The molecule has 0 N–H and O–H groups in total. The lowest BCUT2D eigenvalue weighted by atomic mass is 10.1. The maximum atomic E-state index is 5.37. The summed E-state index contributed by atoms with van der Waals surface area (Å²) in [5.41, 5.74) is 0.987. The van der Waals surface area contributed by atoms with Crippen molar-refractivity contribution < 1.29 is 14.2 Å². The number of rotatable bonds is 5. The lowest BCUT2D eigenvalue weighted by molar-refractivity contribution is -0.747. The van der Waals surface area contributed by atoms with Gasteiger partial charge in [-0.2, -0.15) is 0 Å². The van der Waals surface area contributed by atoms with E-state index in [9.17, 15) is 0 Å². The van der Waals surface area contributed by atoms with Gasteiger partial charge in [-0.1, -0.05) is 4.68 Å². The largest absolute Gasteiger partial charge is 0.497 e. The van der Waals surface area contributed by atoms with Crippen LogP contribution in [-0.4, -0.2) is 19.3 Å². The Kier molecular flexibility index (Phi) is 4.74. The first-order chi connectivity index (χ1) is 9.67. The summed E-state index contributed by atoms with van der Waals surface area (Å²) in [6, 6.07) is 5.75. The van der Waals surface area contributed by atoms with Gasteiger partial charge in [0, 0.05) is 16.7 Å². The molecule has 0 aliphatic heterocycles. The maximum absolute atomic E-state index is 5.37. The first-order valence-electron chi connectivity index (χ1n) is 6.45. The third-order valence-electron chi connectivity index (χ3n) is 2.91. The van der Waals surface area contributed by atoms with E-state index >= 15 is 0 Å². The minimum absolute atomic E-state index is 0.814. The monoisotopic (exact) mass is 291 g/mol. The molecule has 2 rings (SSSR count). The SMILES string of the molecule is CC[n+]1nc(C)sc1C=Cc1cc(OC)ccc1OC. The smallest absolute Gasteiger partial charge is 0.289 e. The highest BCUT2D eigenvalue weighted by Crippen LogP contribution is 2.26. The van der Waals surface area contributed by atoms with Crippen molar-refractivity contribution in [2.45, 2.75) is 20.4 Å². The van der Waals surface area contributed by atoms with Gasteiger partial charge in [-0.25, -0.2) is 0 Å². The number of hydrogen-bond donors (Lipinski definition) is 0. The van der Waals surface area contributed by atoms with Crippen molar-refractivity contribution in [3.05, 3.63) is 33.8 Å². The molecule has 0 bridgehead atoms. The highest BCUT2D eigenvalue weighted by molar-refractivity contribution is 7.11. The van der Waals surface area contributed by atoms with Gasteiger partial charge < -0.3 is 9.47 Å². The van der Waals surface area contributed by atoms with Gasteiger partial charge in [0.05, 0.1) is 14.2 Å². The summed E-state index contributed by atoms with van der Waals surface area (Å²) in [6.45, 7) is 4.96. The van der Waals surface area contributed by atoms with Gasteiger partial charge in [-0.05, 0) is 49.5 Å². The summed E-state index contributed by atoms with van der Waals surface area (Å²) in [6.07, 6.45) is 4.09. The van der Waals surface area contributed by atoms with Gasteiger partial charge in [-0.3, -0.25) is 0 Å². The number of aryl methyl sites for hydroxylation is 2. The Bertz CT molecular complexity index is 620. The van der Waals surface area contributed by atoms with Crippen molar-refractivity contribution in [2.75, 3.05) is 14.2 Å². The fraction of sp³-hybridized carbons (Fsp3) is 0.333. The summed E-state index contributed by atoms with van der Waals surface area (Å²) in [5, 5.41) is 6.63. The number of benzene rings is 1. The van der Waals surface area contributed by atoms with Crippen LogP contribution in [0.2, 0.25) is 0 Å². The topological polar surface area (TPSA) is 35.2 Å². The van der Waals surface area contributed by atoms with E-state index < -0.39 is 0 Å². The molecular formula is C15H19N2O2S+. The van der Waals surface area contributed by atoms with Crippen molar-refractivity contribution in [3.8, 4) is 11.5 Å². The van der Waals surface area contributed by atoms with Gasteiger partial charge in [0.1, 0.15) is 11.5 Å². The standard InChI is InChI=1S/C15H19N2O2S/c1-5-17-15(20-11(2)16-17)9-6-12-10-13(18-3)7-8-14(12)19-4/h6-10H,5H2,1-4H3/q+1. The molecule has 1 aromatic carbocycles. The Morgan fingerprint density at radius 3 is 2.70 bits per heavy atom. The second-order valence-corrected chi connectivity index (χ2v) is 5.43. The summed E-state index contributed by atoms with van der Waals surface area (Å²) in [7, 11) is 3.33. The fourth-order valence-electron chi connectivity index (χ4n) is 1.92. The van der Waals surface area contributed by atoms with E-state index in [0.717, 1.165) is 33.6 Å². The van der Waals surface area contributed by atoms with Crippen LogP contribution < -0.4 is 14.2 Å². The minimum Gasteiger partial charge on any atom is -0.497 e. The van der Waals surface area contributed by atoms with Crippen LogP contribution in [0.4, 0.5) is 0 Å². The highest BCUT2D eigenvalue weighted by Gasteiger charge is 2.13. The molecule has 5 heteroatoms. The van der Waals surface area contributed by atoms with Gasteiger partial charge in [0.25, 0.3) is 5.01 Å². The van der Waals surface area contributed by atoms with Crippen LogP contribution in [0, 0.1) is 6.92 Å². The van der Waals surface area contributed by atoms with E-state index in [1.165, 1.54) is 0 Å². The van der Waals surface area contributed by atoms with E-state index in [4.69, 9.17) is 9.47 Å². The van der Waals surface area contributed by atoms with Crippen molar-refractivity contribution in [2.24, 2.45) is 0 Å². The third kappa shape index (κ3) is 3.17. The Morgan fingerprint density at radius 2 is 2.05 bits per heavy atom. The molecule has 1 heterocycles. The fourth-order valence-corrected chi connectivity index (χ4v) is 2.77. The molecule has 0 aliphatic carbocycles. The highest BCUT2D eigenvalue weighted by atomic mass is 32.1. The van der Waals surface area contributed by atoms with Crippen LogP contribution in [0.5, 0.6) is 11.5 Å². The quantitative estimate of drug-likeness (QED) is 0.795. The first kappa shape index (κ1) is 14.5. The molecule has 0 aliphatic rings. The molecular weight excluding hydrogens is 272 g/mol. The summed E-state index contributed by atoms with van der Waals surface area (Å²) in [4.78, 5) is 0. The zero-order valence-electron chi connectivity index (χ0n) is 12.2. The predicted molar refractivity (Wildman–Crippen MR) is 81.2 cm³/mol. The Morgan fingerprint density at radius 1 is 1.25 bits per heavy atom. The molecule has 4 nitrogen and oxygen atoms in total. The van der Waals surface area contributed by atoms with E-state index in [2.05, 4.69) is 18.1 Å². The molecule has 0 radical (unpaired) electrons.